The van der Waals surface area contributed by atoms with E-state index in [0.29, 0.717) is 24.6 Å². The Balaban J connectivity index is 1.65. The average molecular weight is 353 g/mol. The molecule has 1 unspecified atom stereocenters. The van der Waals surface area contributed by atoms with Crippen LogP contribution in [-0.4, -0.2) is 34.3 Å². The Morgan fingerprint density at radius 3 is 2.73 bits per heavy atom. The number of nitrogens with one attached hydrogen (secondary N) is 1. The average Bonchev–Trinajstić information content (AvgIpc) is 3.04. The maximum atomic E-state index is 12.6. The standard InChI is InChI=1S/C20H23N3O3/c1-14(2)23-12-15(11-19(23)24)20(25)22-17-8-3-4-9-18(17)26-13-16-7-5-6-10-21-16/h3-10,14-15H,11-13H2,1-2H3,(H,22,25). The molecular formula is C20H23N3O3. The van der Waals surface area contributed by atoms with Gasteiger partial charge in [-0.2, -0.15) is 0 Å². The molecule has 0 aliphatic carbocycles. The summed E-state index contributed by atoms with van der Waals surface area (Å²) in [6.07, 6.45) is 1.96. The van der Waals surface area contributed by atoms with Gasteiger partial charge < -0.3 is 15.0 Å². The van der Waals surface area contributed by atoms with Gasteiger partial charge in [-0.3, -0.25) is 14.6 Å². The lowest BCUT2D eigenvalue weighted by Gasteiger charge is -2.21. The van der Waals surface area contributed by atoms with Gasteiger partial charge in [0.2, 0.25) is 11.8 Å². The van der Waals surface area contributed by atoms with Crippen LogP contribution in [0.15, 0.2) is 48.7 Å². The second-order valence-electron chi connectivity index (χ2n) is 6.64. The molecule has 26 heavy (non-hydrogen) atoms. The Hall–Kier alpha value is -2.89. The lowest BCUT2D eigenvalue weighted by atomic mass is 10.1. The molecular weight excluding hydrogens is 330 g/mol. The van der Waals surface area contributed by atoms with E-state index in [1.807, 2.05) is 44.2 Å². The normalized spacial score (nSPS) is 16.8. The molecule has 2 amide bonds. The summed E-state index contributed by atoms with van der Waals surface area (Å²) in [5.41, 5.74) is 1.41. The zero-order valence-corrected chi connectivity index (χ0v) is 15.0. The van der Waals surface area contributed by atoms with Gasteiger partial charge in [-0.25, -0.2) is 0 Å². The molecule has 1 atom stereocenters. The summed E-state index contributed by atoms with van der Waals surface area (Å²) in [5.74, 6) is 0.112. The lowest BCUT2D eigenvalue weighted by molar-refractivity contribution is -0.129. The fourth-order valence-corrected chi connectivity index (χ4v) is 2.97. The summed E-state index contributed by atoms with van der Waals surface area (Å²) in [4.78, 5) is 30.6. The smallest absolute Gasteiger partial charge is 0.229 e. The van der Waals surface area contributed by atoms with Crippen LogP contribution in [0.2, 0.25) is 0 Å². The minimum absolute atomic E-state index is 0.0276. The van der Waals surface area contributed by atoms with Gasteiger partial charge in [-0.1, -0.05) is 18.2 Å². The van der Waals surface area contributed by atoms with E-state index < -0.39 is 0 Å². The number of aromatic nitrogens is 1. The number of pyridine rings is 1. The molecule has 136 valence electrons. The Morgan fingerprint density at radius 1 is 1.27 bits per heavy atom. The van der Waals surface area contributed by atoms with Crippen LogP contribution in [0.5, 0.6) is 5.75 Å². The maximum Gasteiger partial charge on any atom is 0.229 e. The van der Waals surface area contributed by atoms with Crippen LogP contribution >= 0.6 is 0 Å². The van der Waals surface area contributed by atoms with Crippen LogP contribution < -0.4 is 10.1 Å². The van der Waals surface area contributed by atoms with Gasteiger partial charge in [0.1, 0.15) is 12.4 Å². The molecule has 1 aliphatic rings. The summed E-state index contributed by atoms with van der Waals surface area (Å²) >= 11 is 0. The van der Waals surface area contributed by atoms with E-state index in [1.54, 1.807) is 23.2 Å². The number of amides is 2. The predicted molar refractivity (Wildman–Crippen MR) is 98.6 cm³/mol. The Bertz CT molecular complexity index is 777. The second kappa shape index (κ2) is 7.99. The van der Waals surface area contributed by atoms with E-state index in [9.17, 15) is 9.59 Å². The minimum atomic E-state index is -0.339. The highest BCUT2D eigenvalue weighted by Gasteiger charge is 2.35. The Labute approximate surface area is 153 Å². The van der Waals surface area contributed by atoms with Crippen LogP contribution in [0, 0.1) is 5.92 Å². The van der Waals surface area contributed by atoms with Crippen molar-refractivity contribution in [3.05, 3.63) is 54.4 Å². The molecule has 2 heterocycles. The minimum Gasteiger partial charge on any atom is -0.485 e. The van der Waals surface area contributed by atoms with Gasteiger partial charge in [0.15, 0.2) is 0 Å². The van der Waals surface area contributed by atoms with Crippen molar-refractivity contribution in [3.8, 4) is 5.75 Å². The number of para-hydroxylation sites is 2. The van der Waals surface area contributed by atoms with Crippen molar-refractivity contribution in [1.29, 1.82) is 0 Å². The molecule has 1 aliphatic heterocycles. The third-order valence-electron chi connectivity index (χ3n) is 4.40. The highest BCUT2D eigenvalue weighted by Crippen LogP contribution is 2.27. The molecule has 0 bridgehead atoms. The largest absolute Gasteiger partial charge is 0.485 e. The second-order valence-corrected chi connectivity index (χ2v) is 6.64. The highest BCUT2D eigenvalue weighted by molar-refractivity contribution is 5.98. The van der Waals surface area contributed by atoms with Crippen molar-refractivity contribution in [3.63, 3.8) is 0 Å². The molecule has 3 rings (SSSR count). The molecule has 0 spiro atoms. The quantitative estimate of drug-likeness (QED) is 0.867. The van der Waals surface area contributed by atoms with E-state index in [1.165, 1.54) is 0 Å². The Kier molecular flexibility index (Phi) is 5.51. The third-order valence-corrected chi connectivity index (χ3v) is 4.40. The van der Waals surface area contributed by atoms with Crippen molar-refractivity contribution in [1.82, 2.24) is 9.88 Å². The summed E-state index contributed by atoms with van der Waals surface area (Å²) in [6, 6.07) is 13.0. The van der Waals surface area contributed by atoms with E-state index in [4.69, 9.17) is 4.74 Å². The fourth-order valence-electron chi connectivity index (χ4n) is 2.97. The van der Waals surface area contributed by atoms with E-state index >= 15 is 0 Å². The van der Waals surface area contributed by atoms with Gasteiger partial charge in [0, 0.05) is 25.2 Å². The van der Waals surface area contributed by atoms with Gasteiger partial charge in [-0.15, -0.1) is 0 Å². The number of carbonyl (C=O) groups is 2. The summed E-state index contributed by atoms with van der Waals surface area (Å²) in [7, 11) is 0. The van der Waals surface area contributed by atoms with Crippen molar-refractivity contribution < 1.29 is 14.3 Å². The molecule has 6 heteroatoms. The van der Waals surface area contributed by atoms with Crippen molar-refractivity contribution >= 4 is 17.5 Å². The maximum absolute atomic E-state index is 12.6. The van der Waals surface area contributed by atoms with Crippen LogP contribution in [-0.2, 0) is 16.2 Å². The molecule has 1 N–H and O–H groups in total. The number of benzene rings is 1. The molecule has 1 saturated heterocycles. The van der Waals surface area contributed by atoms with E-state index in [0.717, 1.165) is 5.69 Å². The van der Waals surface area contributed by atoms with E-state index in [-0.39, 0.29) is 30.2 Å². The zero-order chi connectivity index (χ0) is 18.5. The highest BCUT2D eigenvalue weighted by atomic mass is 16.5. The lowest BCUT2D eigenvalue weighted by Crippen LogP contribution is -2.33. The first-order valence-corrected chi connectivity index (χ1v) is 8.76. The van der Waals surface area contributed by atoms with Crippen LogP contribution in [0.25, 0.3) is 0 Å². The summed E-state index contributed by atoms with van der Waals surface area (Å²) in [5, 5.41) is 2.91. The predicted octanol–water partition coefficient (Wildman–Crippen LogP) is 2.86. The van der Waals surface area contributed by atoms with Gasteiger partial charge in [0.05, 0.1) is 17.3 Å². The molecule has 0 saturated carbocycles. The van der Waals surface area contributed by atoms with Gasteiger partial charge in [0.25, 0.3) is 0 Å². The number of ether oxygens (including phenoxy) is 1. The van der Waals surface area contributed by atoms with Crippen molar-refractivity contribution in [2.45, 2.75) is 32.9 Å². The van der Waals surface area contributed by atoms with Gasteiger partial charge >= 0.3 is 0 Å². The van der Waals surface area contributed by atoms with Gasteiger partial charge in [-0.05, 0) is 38.1 Å². The zero-order valence-electron chi connectivity index (χ0n) is 15.0. The monoisotopic (exact) mass is 353 g/mol. The molecule has 1 aromatic heterocycles. The molecule has 6 nitrogen and oxygen atoms in total. The molecule has 1 aromatic carbocycles. The van der Waals surface area contributed by atoms with Crippen molar-refractivity contribution in [2.24, 2.45) is 5.92 Å². The van der Waals surface area contributed by atoms with Crippen LogP contribution in [0.1, 0.15) is 26.0 Å². The fraction of sp³-hybridized carbons (Fsp3) is 0.350. The number of anilines is 1. The number of carbonyl (C=O) groups excluding carboxylic acids is 2. The molecule has 1 fully saturated rings. The number of hydrogen-bond acceptors (Lipinski definition) is 4. The topological polar surface area (TPSA) is 71.5 Å². The Morgan fingerprint density at radius 2 is 2.04 bits per heavy atom. The summed E-state index contributed by atoms with van der Waals surface area (Å²) in [6.45, 7) is 4.69. The van der Waals surface area contributed by atoms with Crippen LogP contribution in [0.4, 0.5) is 5.69 Å². The number of likely N-dealkylation sites (tertiary alicyclic amines) is 1. The van der Waals surface area contributed by atoms with E-state index in [2.05, 4.69) is 10.3 Å². The summed E-state index contributed by atoms with van der Waals surface area (Å²) < 4.78 is 5.81. The number of hydrogen-bond donors (Lipinski definition) is 1. The van der Waals surface area contributed by atoms with Crippen molar-refractivity contribution in [2.75, 3.05) is 11.9 Å². The first-order chi connectivity index (χ1) is 12.5. The third kappa shape index (κ3) is 4.20. The number of nitrogens with zero attached hydrogens (tertiary/aromatic N) is 2. The first kappa shape index (κ1) is 17.9. The first-order valence-electron chi connectivity index (χ1n) is 8.76. The molecule has 2 aromatic rings. The number of rotatable bonds is 6. The SMILES string of the molecule is CC(C)N1CC(C(=O)Nc2ccccc2OCc2ccccn2)CC1=O. The molecule has 0 radical (unpaired) electrons. The van der Waals surface area contributed by atoms with Crippen LogP contribution in [0.3, 0.4) is 0 Å².